The first-order valence-electron chi connectivity index (χ1n) is 9.80. The van der Waals surface area contributed by atoms with Crippen molar-refractivity contribution in [2.24, 2.45) is 0 Å². The molecule has 0 aromatic carbocycles. The summed E-state index contributed by atoms with van der Waals surface area (Å²) < 4.78 is 22.4. The zero-order chi connectivity index (χ0) is 20.0. The maximum atomic E-state index is 15.5. The lowest BCUT2D eigenvalue weighted by Gasteiger charge is -2.46. The van der Waals surface area contributed by atoms with Crippen molar-refractivity contribution in [1.82, 2.24) is 24.8 Å². The number of pyridine rings is 2. The van der Waals surface area contributed by atoms with Gasteiger partial charge < -0.3 is 10.1 Å². The SMILES string of the molecule is CN1C2COCC1CC(NC(=O)c1c(F)n(-c3ccccn3)c3ncccc13)C2. The zero-order valence-electron chi connectivity index (χ0n) is 16.1. The number of hydrogen-bond acceptors (Lipinski definition) is 5. The molecular weight excluding hydrogens is 373 g/mol. The molecule has 0 saturated carbocycles. The molecule has 7 nitrogen and oxygen atoms in total. The number of carbonyl (C=O) groups is 1. The van der Waals surface area contributed by atoms with Crippen LogP contribution in [-0.2, 0) is 4.74 Å². The van der Waals surface area contributed by atoms with Gasteiger partial charge in [-0.05, 0) is 44.2 Å². The van der Waals surface area contributed by atoms with Crippen molar-refractivity contribution in [1.29, 1.82) is 0 Å². The molecule has 1 N–H and O–H groups in total. The van der Waals surface area contributed by atoms with Crippen LogP contribution in [0.3, 0.4) is 0 Å². The molecule has 3 aromatic heterocycles. The number of piperidine rings is 1. The van der Waals surface area contributed by atoms with Gasteiger partial charge in [-0.3, -0.25) is 14.3 Å². The molecule has 0 radical (unpaired) electrons. The molecule has 150 valence electrons. The summed E-state index contributed by atoms with van der Waals surface area (Å²) in [7, 11) is 2.10. The summed E-state index contributed by atoms with van der Waals surface area (Å²) >= 11 is 0. The topological polar surface area (TPSA) is 72.3 Å². The van der Waals surface area contributed by atoms with Gasteiger partial charge in [-0.1, -0.05) is 6.07 Å². The molecule has 0 aliphatic carbocycles. The van der Waals surface area contributed by atoms with Crippen LogP contribution in [0.25, 0.3) is 16.9 Å². The molecular formula is C21H22FN5O2. The van der Waals surface area contributed by atoms with E-state index in [9.17, 15) is 4.79 Å². The fourth-order valence-electron chi connectivity index (χ4n) is 4.47. The van der Waals surface area contributed by atoms with Gasteiger partial charge >= 0.3 is 0 Å². The summed E-state index contributed by atoms with van der Waals surface area (Å²) in [6, 6.07) is 9.18. The number of nitrogens with zero attached hydrogens (tertiary/aromatic N) is 4. The van der Waals surface area contributed by atoms with Crippen LogP contribution in [-0.4, -0.2) is 63.7 Å². The van der Waals surface area contributed by atoms with Gasteiger partial charge in [-0.2, -0.15) is 4.39 Å². The molecule has 2 aliphatic heterocycles. The molecule has 1 amide bonds. The van der Waals surface area contributed by atoms with Gasteiger partial charge in [0.2, 0.25) is 5.95 Å². The predicted molar refractivity (Wildman–Crippen MR) is 105 cm³/mol. The Hall–Kier alpha value is -2.84. The van der Waals surface area contributed by atoms with E-state index in [2.05, 4.69) is 27.2 Å². The Labute approximate surface area is 167 Å². The largest absolute Gasteiger partial charge is 0.378 e. The Morgan fingerprint density at radius 2 is 1.90 bits per heavy atom. The fraction of sp³-hybridized carbons (Fsp3) is 0.381. The maximum Gasteiger partial charge on any atom is 0.256 e. The lowest BCUT2D eigenvalue weighted by molar-refractivity contribution is -0.0670. The minimum absolute atomic E-state index is 0.0121. The van der Waals surface area contributed by atoms with Gasteiger partial charge in [0.1, 0.15) is 17.0 Å². The van der Waals surface area contributed by atoms with E-state index in [-0.39, 0.29) is 23.7 Å². The summed E-state index contributed by atoms with van der Waals surface area (Å²) in [5, 5.41) is 3.54. The number of carbonyl (C=O) groups excluding carboxylic acids is 1. The number of fused-ring (bicyclic) bond motifs is 3. The normalized spacial score (nSPS) is 24.6. The number of morpholine rings is 1. The van der Waals surface area contributed by atoms with E-state index >= 15 is 4.39 Å². The second-order valence-corrected chi connectivity index (χ2v) is 7.72. The Morgan fingerprint density at radius 1 is 1.14 bits per heavy atom. The van der Waals surface area contributed by atoms with Crippen LogP contribution in [0.1, 0.15) is 23.2 Å². The number of ether oxygens (including phenoxy) is 1. The van der Waals surface area contributed by atoms with E-state index < -0.39 is 11.9 Å². The van der Waals surface area contributed by atoms with Gasteiger partial charge in [0.05, 0.1) is 13.2 Å². The first-order chi connectivity index (χ1) is 14.1. The lowest BCUT2D eigenvalue weighted by atomic mass is 9.90. The lowest BCUT2D eigenvalue weighted by Crippen LogP contribution is -2.59. The summed E-state index contributed by atoms with van der Waals surface area (Å²) in [6.45, 7) is 1.33. The smallest absolute Gasteiger partial charge is 0.256 e. The van der Waals surface area contributed by atoms with E-state index in [0.717, 1.165) is 12.8 Å². The molecule has 8 heteroatoms. The summed E-state index contributed by atoms with van der Waals surface area (Å²) in [6.07, 6.45) is 4.75. The van der Waals surface area contributed by atoms with Crippen molar-refractivity contribution < 1.29 is 13.9 Å². The van der Waals surface area contributed by atoms with Crippen molar-refractivity contribution in [3.63, 3.8) is 0 Å². The number of amides is 1. The average Bonchev–Trinajstić information content (AvgIpc) is 3.01. The average molecular weight is 395 g/mol. The first kappa shape index (κ1) is 18.2. The van der Waals surface area contributed by atoms with E-state index in [1.54, 1.807) is 42.7 Å². The molecule has 2 aliphatic rings. The molecule has 3 aromatic rings. The zero-order valence-corrected chi connectivity index (χ0v) is 16.1. The van der Waals surface area contributed by atoms with E-state index in [1.165, 1.54) is 4.57 Å². The molecule has 29 heavy (non-hydrogen) atoms. The highest BCUT2D eigenvalue weighted by atomic mass is 19.1. The molecule has 5 rings (SSSR count). The number of likely N-dealkylation sites (N-methyl/N-ethyl adjacent to an activating group) is 1. The van der Waals surface area contributed by atoms with Crippen LogP contribution in [0.2, 0.25) is 0 Å². The van der Waals surface area contributed by atoms with Crippen LogP contribution in [0.4, 0.5) is 4.39 Å². The standard InChI is InChI=1S/C21H22FN5O2/c1-26-14-9-13(10-15(26)12-29-11-14)25-21(28)18-16-5-4-8-24-20(16)27(19(18)22)17-6-2-3-7-23-17/h2-8,13-15H,9-12H2,1H3,(H,25,28). The van der Waals surface area contributed by atoms with E-state index in [4.69, 9.17) is 4.74 Å². The number of hydrogen-bond donors (Lipinski definition) is 1. The van der Waals surface area contributed by atoms with Crippen LogP contribution >= 0.6 is 0 Å². The number of halogens is 1. The highest BCUT2D eigenvalue weighted by Gasteiger charge is 2.38. The third-order valence-corrected chi connectivity index (χ3v) is 6.00. The van der Waals surface area contributed by atoms with Gasteiger partial charge in [0.25, 0.3) is 5.91 Å². The maximum absolute atomic E-state index is 15.5. The monoisotopic (exact) mass is 395 g/mol. The minimum atomic E-state index is -0.647. The Kier molecular flexibility index (Phi) is 4.52. The second-order valence-electron chi connectivity index (χ2n) is 7.72. The van der Waals surface area contributed by atoms with Gasteiger partial charge in [-0.25, -0.2) is 9.97 Å². The molecule has 5 heterocycles. The summed E-state index contributed by atoms with van der Waals surface area (Å²) in [5.74, 6) is -0.672. The Morgan fingerprint density at radius 3 is 2.62 bits per heavy atom. The van der Waals surface area contributed by atoms with Crippen LogP contribution in [0, 0.1) is 5.95 Å². The predicted octanol–water partition coefficient (Wildman–Crippen LogP) is 2.15. The molecule has 2 bridgehead atoms. The van der Waals surface area contributed by atoms with Crippen molar-refractivity contribution in [2.45, 2.75) is 31.0 Å². The van der Waals surface area contributed by atoms with Crippen molar-refractivity contribution in [3.05, 3.63) is 54.2 Å². The molecule has 2 saturated heterocycles. The third-order valence-electron chi connectivity index (χ3n) is 6.00. The van der Waals surface area contributed by atoms with Crippen LogP contribution in [0.5, 0.6) is 0 Å². The number of nitrogens with one attached hydrogen (secondary N) is 1. The van der Waals surface area contributed by atoms with Crippen LogP contribution < -0.4 is 5.32 Å². The highest BCUT2D eigenvalue weighted by molar-refractivity contribution is 6.07. The van der Waals surface area contributed by atoms with E-state index in [0.29, 0.717) is 30.1 Å². The third kappa shape index (κ3) is 3.08. The van der Waals surface area contributed by atoms with E-state index in [1.807, 2.05) is 0 Å². The molecule has 2 atom stereocenters. The minimum Gasteiger partial charge on any atom is -0.378 e. The number of rotatable bonds is 3. The Balaban J connectivity index is 1.49. The van der Waals surface area contributed by atoms with Crippen molar-refractivity contribution >= 4 is 16.9 Å². The second kappa shape index (κ2) is 7.20. The molecule has 2 unspecified atom stereocenters. The fourth-order valence-corrected chi connectivity index (χ4v) is 4.47. The quantitative estimate of drug-likeness (QED) is 0.736. The van der Waals surface area contributed by atoms with Gasteiger partial charge in [0.15, 0.2) is 0 Å². The summed E-state index contributed by atoms with van der Waals surface area (Å²) in [4.78, 5) is 24.0. The van der Waals surface area contributed by atoms with Crippen molar-refractivity contribution in [2.75, 3.05) is 20.3 Å². The molecule has 2 fully saturated rings. The Bertz CT molecular complexity index is 1040. The summed E-state index contributed by atoms with van der Waals surface area (Å²) in [5.41, 5.74) is 0.390. The highest BCUT2D eigenvalue weighted by Crippen LogP contribution is 2.29. The van der Waals surface area contributed by atoms with Gasteiger partial charge in [0, 0.05) is 35.9 Å². The number of aromatic nitrogens is 3. The van der Waals surface area contributed by atoms with Gasteiger partial charge in [-0.15, -0.1) is 0 Å². The van der Waals surface area contributed by atoms with Crippen molar-refractivity contribution in [3.8, 4) is 5.82 Å². The molecule has 0 spiro atoms. The first-order valence-corrected chi connectivity index (χ1v) is 9.80. The van der Waals surface area contributed by atoms with Crippen LogP contribution in [0.15, 0.2) is 42.7 Å².